The van der Waals surface area contributed by atoms with E-state index in [9.17, 15) is 0 Å². The zero-order valence-electron chi connectivity index (χ0n) is 9.77. The summed E-state index contributed by atoms with van der Waals surface area (Å²) in [5.74, 6) is 0.667. The molecule has 0 aliphatic carbocycles. The Bertz CT molecular complexity index is 599. The number of hydrogen-bond acceptors (Lipinski definition) is 3. The Labute approximate surface area is 120 Å². The molecule has 3 N–H and O–H groups in total. The first-order valence-corrected chi connectivity index (χ1v) is 6.56. The molecule has 1 aromatic carbocycles. The van der Waals surface area contributed by atoms with Crippen LogP contribution in [0.5, 0.6) is 0 Å². The number of hydrogen-bond donors (Lipinski definition) is 2. The van der Waals surface area contributed by atoms with Gasteiger partial charge in [-0.2, -0.15) is 0 Å². The summed E-state index contributed by atoms with van der Waals surface area (Å²) in [6.07, 6.45) is 1.70. The Kier molecular flexibility index (Phi) is 3.93. The zero-order chi connectivity index (χ0) is 13.1. The quantitative estimate of drug-likeness (QED) is 0.849. The molecule has 1 aromatic heterocycles. The molecule has 0 fully saturated rings. The summed E-state index contributed by atoms with van der Waals surface area (Å²) in [5, 5.41) is 3.21. The van der Waals surface area contributed by atoms with Crippen LogP contribution in [0, 0.1) is 6.92 Å². The molecule has 18 heavy (non-hydrogen) atoms. The van der Waals surface area contributed by atoms with Crippen LogP contribution in [-0.4, -0.2) is 9.97 Å². The van der Waals surface area contributed by atoms with Crippen LogP contribution in [0.3, 0.4) is 0 Å². The molecule has 0 radical (unpaired) electrons. The third-order valence-corrected chi connectivity index (χ3v) is 3.58. The minimum absolute atomic E-state index is 0.330. The van der Waals surface area contributed by atoms with Crippen LogP contribution in [0.1, 0.15) is 11.1 Å². The first-order chi connectivity index (χ1) is 8.58. The molecule has 3 nitrogen and oxygen atoms in total. The van der Waals surface area contributed by atoms with Crippen molar-refractivity contribution < 1.29 is 0 Å². The zero-order valence-corrected chi connectivity index (χ0v) is 12.2. The summed E-state index contributed by atoms with van der Waals surface area (Å²) in [7, 11) is 0. The Morgan fingerprint density at radius 3 is 2.83 bits per heavy atom. The maximum Gasteiger partial charge on any atom is 0.140 e. The van der Waals surface area contributed by atoms with E-state index in [1.54, 1.807) is 6.20 Å². The van der Waals surface area contributed by atoms with Gasteiger partial charge in [-0.3, -0.25) is 0 Å². The Morgan fingerprint density at radius 2 is 2.17 bits per heavy atom. The van der Waals surface area contributed by atoms with Crippen molar-refractivity contribution in [1.82, 2.24) is 4.98 Å². The highest BCUT2D eigenvalue weighted by Gasteiger charge is 2.06. The van der Waals surface area contributed by atoms with E-state index in [1.807, 2.05) is 37.3 Å². The predicted molar refractivity (Wildman–Crippen MR) is 82.3 cm³/mol. The van der Waals surface area contributed by atoms with Crippen LogP contribution in [-0.2, 0) is 0 Å². The number of anilines is 2. The van der Waals surface area contributed by atoms with E-state index < -0.39 is 0 Å². The van der Waals surface area contributed by atoms with E-state index >= 15 is 0 Å². The topological polar surface area (TPSA) is 50.9 Å². The van der Waals surface area contributed by atoms with E-state index in [-0.39, 0.29) is 0 Å². The number of halogens is 1. The van der Waals surface area contributed by atoms with Crippen molar-refractivity contribution in [3.05, 3.63) is 52.1 Å². The molecule has 0 bridgehead atoms. The minimum atomic E-state index is 0.330. The van der Waals surface area contributed by atoms with E-state index in [1.165, 1.54) is 5.56 Å². The molecule has 1 heterocycles. The summed E-state index contributed by atoms with van der Waals surface area (Å²) in [6, 6.07) is 9.66. The molecule has 0 amide bonds. The number of thiocarbonyl (C=S) groups is 1. The second kappa shape index (κ2) is 5.46. The molecule has 0 aliphatic rings. The standard InChI is InChI=1S/C13H12BrN3S/c1-8-4-5-9(7-11(8)14)17-13-10(12(15)18)3-2-6-16-13/h2-7H,1H3,(H2,15,18)(H,16,17). The predicted octanol–water partition coefficient (Wildman–Crippen LogP) is 3.53. The van der Waals surface area contributed by atoms with Gasteiger partial charge < -0.3 is 11.1 Å². The molecule has 5 heteroatoms. The second-order valence-electron chi connectivity index (χ2n) is 3.85. The third kappa shape index (κ3) is 2.86. The van der Waals surface area contributed by atoms with Crippen LogP contribution < -0.4 is 11.1 Å². The van der Waals surface area contributed by atoms with Gasteiger partial charge in [0.2, 0.25) is 0 Å². The summed E-state index contributed by atoms with van der Waals surface area (Å²) < 4.78 is 1.04. The van der Waals surface area contributed by atoms with Crippen molar-refractivity contribution in [2.45, 2.75) is 6.92 Å². The van der Waals surface area contributed by atoms with Crippen LogP contribution in [0.15, 0.2) is 41.0 Å². The summed E-state index contributed by atoms with van der Waals surface area (Å²) in [4.78, 5) is 4.58. The van der Waals surface area contributed by atoms with Gasteiger partial charge in [-0.1, -0.05) is 34.2 Å². The Hall–Kier alpha value is -1.46. The van der Waals surface area contributed by atoms with Crippen LogP contribution in [0.25, 0.3) is 0 Å². The largest absolute Gasteiger partial charge is 0.389 e. The third-order valence-electron chi connectivity index (χ3n) is 2.51. The Morgan fingerprint density at radius 1 is 1.39 bits per heavy atom. The molecule has 0 aliphatic heterocycles. The van der Waals surface area contributed by atoms with Crippen molar-refractivity contribution >= 4 is 44.6 Å². The summed E-state index contributed by atoms with van der Waals surface area (Å²) in [6.45, 7) is 2.04. The first kappa shape index (κ1) is 13.0. The lowest BCUT2D eigenvalue weighted by molar-refractivity contribution is 1.29. The van der Waals surface area contributed by atoms with Crippen molar-refractivity contribution in [1.29, 1.82) is 0 Å². The smallest absolute Gasteiger partial charge is 0.140 e. The van der Waals surface area contributed by atoms with E-state index in [4.69, 9.17) is 18.0 Å². The van der Waals surface area contributed by atoms with Gasteiger partial charge in [-0.25, -0.2) is 4.98 Å². The molecule has 0 saturated heterocycles. The number of aromatic nitrogens is 1. The SMILES string of the molecule is Cc1ccc(Nc2ncccc2C(N)=S)cc1Br. The van der Waals surface area contributed by atoms with Crippen molar-refractivity contribution in [3.8, 4) is 0 Å². The highest BCUT2D eigenvalue weighted by molar-refractivity contribution is 9.10. The fourth-order valence-electron chi connectivity index (χ4n) is 1.51. The van der Waals surface area contributed by atoms with Crippen molar-refractivity contribution in [3.63, 3.8) is 0 Å². The van der Waals surface area contributed by atoms with Gasteiger partial charge in [0.05, 0.1) is 5.56 Å². The number of nitrogens with zero attached hydrogens (tertiary/aromatic N) is 1. The molecule has 92 valence electrons. The lowest BCUT2D eigenvalue weighted by Gasteiger charge is -2.10. The molecule has 2 aromatic rings. The monoisotopic (exact) mass is 321 g/mol. The fourth-order valence-corrected chi connectivity index (χ4v) is 2.05. The summed E-state index contributed by atoms with van der Waals surface area (Å²) >= 11 is 8.50. The molecular weight excluding hydrogens is 310 g/mol. The van der Waals surface area contributed by atoms with E-state index in [0.29, 0.717) is 10.8 Å². The average molecular weight is 322 g/mol. The van der Waals surface area contributed by atoms with Crippen molar-refractivity contribution in [2.75, 3.05) is 5.32 Å². The second-order valence-corrected chi connectivity index (χ2v) is 5.15. The number of benzene rings is 1. The lowest BCUT2D eigenvalue weighted by Crippen LogP contribution is -2.12. The minimum Gasteiger partial charge on any atom is -0.389 e. The molecule has 0 unspecified atom stereocenters. The van der Waals surface area contributed by atoms with Crippen LogP contribution in [0.4, 0.5) is 11.5 Å². The maximum absolute atomic E-state index is 5.66. The average Bonchev–Trinajstić information content (AvgIpc) is 2.34. The molecule has 2 rings (SSSR count). The lowest BCUT2D eigenvalue weighted by atomic mass is 10.2. The maximum atomic E-state index is 5.66. The van der Waals surface area contributed by atoms with Gasteiger partial charge in [0.25, 0.3) is 0 Å². The molecule has 0 atom stereocenters. The fraction of sp³-hybridized carbons (Fsp3) is 0.0769. The van der Waals surface area contributed by atoms with Crippen molar-refractivity contribution in [2.24, 2.45) is 5.73 Å². The van der Waals surface area contributed by atoms with Gasteiger partial charge in [0.15, 0.2) is 0 Å². The number of aryl methyl sites for hydroxylation is 1. The molecule has 0 spiro atoms. The van der Waals surface area contributed by atoms with Gasteiger partial charge in [-0.15, -0.1) is 0 Å². The molecular formula is C13H12BrN3S. The van der Waals surface area contributed by atoms with Gasteiger partial charge in [-0.05, 0) is 36.8 Å². The van der Waals surface area contributed by atoms with Crippen LogP contribution >= 0.6 is 28.1 Å². The number of nitrogens with two attached hydrogens (primary N) is 1. The number of pyridine rings is 1. The number of rotatable bonds is 3. The van der Waals surface area contributed by atoms with Gasteiger partial charge in [0.1, 0.15) is 10.8 Å². The van der Waals surface area contributed by atoms with Crippen LogP contribution in [0.2, 0.25) is 0 Å². The Balaban J connectivity index is 2.34. The molecule has 0 saturated carbocycles. The van der Waals surface area contributed by atoms with E-state index in [0.717, 1.165) is 15.7 Å². The van der Waals surface area contributed by atoms with Gasteiger partial charge >= 0.3 is 0 Å². The number of nitrogens with one attached hydrogen (secondary N) is 1. The van der Waals surface area contributed by atoms with E-state index in [2.05, 4.69) is 26.2 Å². The summed E-state index contributed by atoms with van der Waals surface area (Å²) in [5.41, 5.74) is 8.52. The first-order valence-electron chi connectivity index (χ1n) is 5.36. The normalized spacial score (nSPS) is 10.1. The van der Waals surface area contributed by atoms with Gasteiger partial charge in [0, 0.05) is 16.4 Å². The highest BCUT2D eigenvalue weighted by atomic mass is 79.9. The highest BCUT2D eigenvalue weighted by Crippen LogP contribution is 2.24.